The van der Waals surface area contributed by atoms with Crippen molar-refractivity contribution in [2.24, 2.45) is 5.10 Å². The lowest BCUT2D eigenvalue weighted by molar-refractivity contribution is 0.0735. The predicted molar refractivity (Wildman–Crippen MR) is 86.0 cm³/mol. The molecule has 0 heterocycles. The van der Waals surface area contributed by atoms with Gasteiger partial charge in [0.15, 0.2) is 0 Å². The summed E-state index contributed by atoms with van der Waals surface area (Å²) in [7, 11) is 1.24. The highest BCUT2D eigenvalue weighted by Gasteiger charge is 2.12. The summed E-state index contributed by atoms with van der Waals surface area (Å²) >= 11 is 5.95. The minimum absolute atomic E-state index is 0.278. The number of ether oxygens (including phenoxy) is 2. The van der Waals surface area contributed by atoms with Crippen molar-refractivity contribution < 1.29 is 19.1 Å². The van der Waals surface area contributed by atoms with Crippen molar-refractivity contribution in [3.8, 4) is 5.75 Å². The average Bonchev–Trinajstić information content (AvgIpc) is 2.55. The highest BCUT2D eigenvalue weighted by atomic mass is 35.5. The van der Waals surface area contributed by atoms with Crippen molar-refractivity contribution in [3.63, 3.8) is 0 Å². The molecule has 0 aliphatic carbocycles. The minimum Gasteiger partial charge on any atom is -0.452 e. The molecule has 0 radical (unpaired) electrons. The number of hydrogen-bond donors (Lipinski definition) is 1. The van der Waals surface area contributed by atoms with E-state index < -0.39 is 12.1 Å². The van der Waals surface area contributed by atoms with E-state index in [1.165, 1.54) is 13.3 Å². The highest BCUT2D eigenvalue weighted by Crippen LogP contribution is 2.19. The van der Waals surface area contributed by atoms with Gasteiger partial charge in [0, 0.05) is 0 Å². The second-order valence-corrected chi connectivity index (χ2v) is 4.71. The van der Waals surface area contributed by atoms with Gasteiger partial charge in [0.2, 0.25) is 0 Å². The zero-order valence-electron chi connectivity index (χ0n) is 12.2. The predicted octanol–water partition coefficient (Wildman–Crippen LogP) is 3.25. The molecule has 0 saturated heterocycles. The van der Waals surface area contributed by atoms with Gasteiger partial charge >= 0.3 is 12.1 Å². The molecule has 0 fully saturated rings. The number of nitrogens with zero attached hydrogens (tertiary/aromatic N) is 1. The molecule has 0 unspecified atom stereocenters. The van der Waals surface area contributed by atoms with Crippen LogP contribution in [0.4, 0.5) is 4.79 Å². The first kappa shape index (κ1) is 16.5. The molecule has 0 atom stereocenters. The van der Waals surface area contributed by atoms with E-state index in [1.54, 1.807) is 48.5 Å². The van der Waals surface area contributed by atoms with Gasteiger partial charge in [-0.1, -0.05) is 35.9 Å². The Morgan fingerprint density at radius 2 is 1.96 bits per heavy atom. The van der Waals surface area contributed by atoms with Gasteiger partial charge in [-0.2, -0.15) is 5.10 Å². The Morgan fingerprint density at radius 3 is 2.70 bits per heavy atom. The van der Waals surface area contributed by atoms with E-state index >= 15 is 0 Å². The molecule has 0 saturated carbocycles. The fourth-order valence-electron chi connectivity index (χ4n) is 1.65. The lowest BCUT2D eigenvalue weighted by atomic mass is 10.2. The maximum absolute atomic E-state index is 12.1. The molecule has 7 heteroatoms. The number of methoxy groups -OCH3 is 1. The summed E-state index contributed by atoms with van der Waals surface area (Å²) in [6.45, 7) is 0. The summed E-state index contributed by atoms with van der Waals surface area (Å²) < 4.78 is 9.65. The zero-order chi connectivity index (χ0) is 16.7. The van der Waals surface area contributed by atoms with Crippen LogP contribution in [0.1, 0.15) is 15.9 Å². The lowest BCUT2D eigenvalue weighted by Gasteiger charge is -2.06. The standard InChI is InChI=1S/C16H13ClN2O4/c1-22-16(21)19-18-10-11-5-4-6-12(9-11)23-15(20)13-7-2-3-8-14(13)17/h2-10H,1H3,(H,19,21)/b18-10+. The van der Waals surface area contributed by atoms with Crippen LogP contribution in [0.5, 0.6) is 5.75 Å². The number of carbonyl (C=O) groups excluding carboxylic acids is 2. The minimum atomic E-state index is -0.678. The van der Waals surface area contributed by atoms with Crippen LogP contribution in [0.25, 0.3) is 0 Å². The highest BCUT2D eigenvalue weighted by molar-refractivity contribution is 6.33. The molecule has 0 aliphatic heterocycles. The second-order valence-electron chi connectivity index (χ2n) is 4.30. The fraction of sp³-hybridized carbons (Fsp3) is 0.0625. The number of esters is 1. The van der Waals surface area contributed by atoms with Crippen molar-refractivity contribution in [1.29, 1.82) is 0 Å². The van der Waals surface area contributed by atoms with Crippen molar-refractivity contribution in [2.75, 3.05) is 7.11 Å². The Labute approximate surface area is 137 Å². The summed E-state index contributed by atoms with van der Waals surface area (Å²) in [6.07, 6.45) is 0.714. The largest absolute Gasteiger partial charge is 0.452 e. The number of carbonyl (C=O) groups is 2. The van der Waals surface area contributed by atoms with E-state index in [2.05, 4.69) is 15.3 Å². The zero-order valence-corrected chi connectivity index (χ0v) is 12.9. The molecule has 0 bridgehead atoms. The normalized spacial score (nSPS) is 10.3. The molecule has 0 aliphatic rings. The number of rotatable bonds is 4. The van der Waals surface area contributed by atoms with Gasteiger partial charge in [-0.05, 0) is 29.8 Å². The van der Waals surface area contributed by atoms with E-state index in [9.17, 15) is 9.59 Å². The van der Waals surface area contributed by atoms with Crippen LogP contribution < -0.4 is 10.2 Å². The monoisotopic (exact) mass is 332 g/mol. The Balaban J connectivity index is 2.07. The molecule has 2 aromatic rings. The fourth-order valence-corrected chi connectivity index (χ4v) is 1.87. The molecular weight excluding hydrogens is 320 g/mol. The van der Waals surface area contributed by atoms with Gasteiger partial charge in [-0.15, -0.1) is 0 Å². The third kappa shape index (κ3) is 4.82. The first-order valence-electron chi connectivity index (χ1n) is 6.54. The lowest BCUT2D eigenvalue weighted by Crippen LogP contribution is -2.16. The topological polar surface area (TPSA) is 77.0 Å². The van der Waals surface area contributed by atoms with Crippen LogP contribution in [-0.2, 0) is 4.74 Å². The van der Waals surface area contributed by atoms with Gasteiger partial charge in [-0.25, -0.2) is 15.0 Å². The number of halogens is 1. The second kappa shape index (κ2) is 7.95. The first-order valence-corrected chi connectivity index (χ1v) is 6.92. The Morgan fingerprint density at radius 1 is 1.17 bits per heavy atom. The maximum atomic E-state index is 12.1. The van der Waals surface area contributed by atoms with E-state index in [1.807, 2.05) is 0 Å². The Hall–Kier alpha value is -2.86. The number of benzene rings is 2. The molecule has 2 rings (SSSR count). The Bertz CT molecular complexity index is 746. The summed E-state index contributed by atoms with van der Waals surface area (Å²) in [5.74, 6) is -0.227. The molecule has 1 N–H and O–H groups in total. The van der Waals surface area contributed by atoms with Crippen LogP contribution in [0.3, 0.4) is 0 Å². The van der Waals surface area contributed by atoms with Crippen molar-refractivity contribution >= 4 is 29.9 Å². The molecular formula is C16H13ClN2O4. The summed E-state index contributed by atoms with van der Waals surface area (Å²) in [5.41, 5.74) is 3.07. The summed E-state index contributed by atoms with van der Waals surface area (Å²) in [4.78, 5) is 22.9. The third-order valence-electron chi connectivity index (χ3n) is 2.72. The van der Waals surface area contributed by atoms with Crippen LogP contribution in [0, 0.1) is 0 Å². The summed E-state index contributed by atoms with van der Waals surface area (Å²) in [5, 5.41) is 4.01. The number of amides is 1. The third-order valence-corrected chi connectivity index (χ3v) is 3.05. The SMILES string of the molecule is COC(=O)N/N=C/c1cccc(OC(=O)c2ccccc2Cl)c1. The molecule has 2 aromatic carbocycles. The van der Waals surface area contributed by atoms with Gasteiger partial charge < -0.3 is 9.47 Å². The number of nitrogens with one attached hydrogen (secondary N) is 1. The number of hydrogen-bond acceptors (Lipinski definition) is 5. The van der Waals surface area contributed by atoms with Crippen LogP contribution in [-0.4, -0.2) is 25.4 Å². The molecule has 0 aromatic heterocycles. The molecule has 118 valence electrons. The molecule has 0 spiro atoms. The van der Waals surface area contributed by atoms with Gasteiger partial charge in [0.1, 0.15) is 5.75 Å². The first-order chi connectivity index (χ1) is 11.1. The van der Waals surface area contributed by atoms with Crippen LogP contribution >= 0.6 is 11.6 Å². The Kier molecular flexibility index (Phi) is 5.71. The average molecular weight is 333 g/mol. The van der Waals surface area contributed by atoms with Crippen molar-refractivity contribution in [1.82, 2.24) is 5.43 Å². The number of hydrazone groups is 1. The molecule has 1 amide bonds. The van der Waals surface area contributed by atoms with Crippen molar-refractivity contribution in [3.05, 3.63) is 64.7 Å². The summed E-state index contributed by atoms with van der Waals surface area (Å²) in [6, 6.07) is 13.3. The van der Waals surface area contributed by atoms with Crippen LogP contribution in [0.2, 0.25) is 5.02 Å². The van der Waals surface area contributed by atoms with Crippen LogP contribution in [0.15, 0.2) is 53.6 Å². The van der Waals surface area contributed by atoms with Gasteiger partial charge in [-0.3, -0.25) is 0 Å². The molecule has 6 nitrogen and oxygen atoms in total. The maximum Gasteiger partial charge on any atom is 0.427 e. The van der Waals surface area contributed by atoms with Gasteiger partial charge in [0.25, 0.3) is 0 Å². The quantitative estimate of drug-likeness (QED) is 0.403. The van der Waals surface area contributed by atoms with Crippen molar-refractivity contribution in [2.45, 2.75) is 0 Å². The van der Waals surface area contributed by atoms with E-state index in [4.69, 9.17) is 16.3 Å². The van der Waals surface area contributed by atoms with Gasteiger partial charge in [0.05, 0.1) is 23.9 Å². The van der Waals surface area contributed by atoms with E-state index in [0.717, 1.165) is 0 Å². The van der Waals surface area contributed by atoms with E-state index in [0.29, 0.717) is 16.3 Å². The molecule has 23 heavy (non-hydrogen) atoms. The van der Waals surface area contributed by atoms with E-state index in [-0.39, 0.29) is 5.56 Å². The smallest absolute Gasteiger partial charge is 0.427 e.